The Morgan fingerprint density at radius 1 is 0.982 bits per heavy atom. The van der Waals surface area contributed by atoms with Gasteiger partial charge in [-0.1, -0.05) is 0 Å². The number of aromatic nitrogens is 7. The summed E-state index contributed by atoms with van der Waals surface area (Å²) < 4.78 is 111. The number of nitrogens with one attached hydrogen (secondary N) is 1. The quantitative estimate of drug-likeness (QED) is 0.212. The summed E-state index contributed by atoms with van der Waals surface area (Å²) in [7, 11) is 2.87. The van der Waals surface area contributed by atoms with Crippen molar-refractivity contribution in [1.29, 1.82) is 5.26 Å². The molecule has 25 heteroatoms. The molecule has 2 fully saturated rings. The first-order chi connectivity index (χ1) is 26.4. The van der Waals surface area contributed by atoms with Crippen LogP contribution in [0.5, 0.6) is 5.88 Å². The second-order valence-electron chi connectivity index (χ2n) is 12.9. The number of rotatable bonds is 7. The lowest BCUT2D eigenvalue weighted by molar-refractivity contribution is -0.193. The Labute approximate surface area is 314 Å². The van der Waals surface area contributed by atoms with Crippen LogP contribution in [-0.4, -0.2) is 124 Å². The monoisotopic (exact) mass is 822 g/mol. The van der Waals surface area contributed by atoms with Gasteiger partial charge in [0.15, 0.2) is 0 Å². The fourth-order valence-electron chi connectivity index (χ4n) is 5.91. The standard InChI is InChI=1S/C28H29F3N10O2.2C2HF3O2/c1-39(2)25(42)21-11-22(38-26(37-21)28(29,30)31)43-19-5-3-18(4-6-19)40-14-27(15-40,8-9-32)41-13-17(12-36-41)23-20-7-10-33-24(20)35-16-34-23;2*3-2(4,5)1(6)7/h7,10-13,16,18-19H,3-6,8,14-15H2,1-2H3,(H,33,34,35);2*(H,6,7)/t18-,19+;;. The highest BCUT2D eigenvalue weighted by Crippen LogP contribution is 2.39. The van der Waals surface area contributed by atoms with Gasteiger partial charge in [-0.3, -0.25) is 14.4 Å². The Morgan fingerprint density at radius 2 is 1.58 bits per heavy atom. The van der Waals surface area contributed by atoms with E-state index in [2.05, 4.69) is 41.0 Å². The molecule has 308 valence electrons. The lowest BCUT2D eigenvalue weighted by Crippen LogP contribution is -2.65. The van der Waals surface area contributed by atoms with E-state index in [0.717, 1.165) is 46.1 Å². The van der Waals surface area contributed by atoms with Gasteiger partial charge in [-0.15, -0.1) is 0 Å². The van der Waals surface area contributed by atoms with Gasteiger partial charge in [0, 0.05) is 62.6 Å². The fourth-order valence-corrected chi connectivity index (χ4v) is 5.91. The number of ether oxygens (including phenoxy) is 1. The van der Waals surface area contributed by atoms with Gasteiger partial charge in [-0.2, -0.15) is 54.9 Å². The Balaban J connectivity index is 0.000000440. The molecule has 0 aromatic carbocycles. The maximum absolute atomic E-state index is 13.4. The van der Waals surface area contributed by atoms with Crippen LogP contribution in [0.2, 0.25) is 0 Å². The van der Waals surface area contributed by atoms with Crippen LogP contribution in [0.3, 0.4) is 0 Å². The first-order valence-corrected chi connectivity index (χ1v) is 16.3. The van der Waals surface area contributed by atoms with Crippen LogP contribution in [0, 0.1) is 11.3 Å². The molecule has 1 saturated carbocycles. The van der Waals surface area contributed by atoms with Crippen molar-refractivity contribution in [2.24, 2.45) is 0 Å². The highest BCUT2D eigenvalue weighted by atomic mass is 19.4. The molecular weight excluding hydrogens is 791 g/mol. The number of carbonyl (C=O) groups is 3. The number of carbonyl (C=O) groups excluding carboxylic acids is 1. The molecule has 0 bridgehead atoms. The van der Waals surface area contributed by atoms with E-state index in [1.165, 1.54) is 20.4 Å². The number of fused-ring (bicyclic) bond motifs is 1. The van der Waals surface area contributed by atoms with Gasteiger partial charge in [0.25, 0.3) is 5.91 Å². The Bertz CT molecular complexity index is 2070. The Hall–Kier alpha value is -6.06. The highest BCUT2D eigenvalue weighted by Gasteiger charge is 2.48. The molecule has 0 atom stereocenters. The van der Waals surface area contributed by atoms with Gasteiger partial charge in [-0.25, -0.2) is 24.5 Å². The summed E-state index contributed by atoms with van der Waals surface area (Å²) in [5.74, 6) is -7.85. The first kappa shape index (κ1) is 43.7. The molecule has 5 heterocycles. The van der Waals surface area contributed by atoms with Crippen LogP contribution in [0.1, 0.15) is 48.4 Å². The van der Waals surface area contributed by atoms with Gasteiger partial charge < -0.3 is 24.8 Å². The second kappa shape index (κ2) is 17.0. The lowest BCUT2D eigenvalue weighted by atomic mass is 9.82. The molecule has 1 aliphatic heterocycles. The van der Waals surface area contributed by atoms with Crippen molar-refractivity contribution in [3.63, 3.8) is 0 Å². The number of nitriles is 1. The third-order valence-electron chi connectivity index (χ3n) is 8.61. The molecule has 16 nitrogen and oxygen atoms in total. The third-order valence-corrected chi connectivity index (χ3v) is 8.61. The summed E-state index contributed by atoms with van der Waals surface area (Å²) in [5, 5.41) is 29.4. The van der Waals surface area contributed by atoms with Crippen molar-refractivity contribution >= 4 is 28.9 Å². The van der Waals surface area contributed by atoms with Crippen molar-refractivity contribution in [2.75, 3.05) is 27.2 Å². The van der Waals surface area contributed by atoms with Crippen molar-refractivity contribution < 1.29 is 68.8 Å². The SMILES string of the molecule is CN(C)C(=O)c1cc(O[C@H]2CC[C@@H](N3CC(CC#N)(n4cc(-c5ncnc6[nH]ccc56)cn4)C3)CC2)nc(C(F)(F)F)n1.O=C(O)C(F)(F)F.O=C(O)C(F)(F)F. The molecular formula is C32H31F9N10O6. The Kier molecular flexibility index (Phi) is 13.0. The van der Waals surface area contributed by atoms with Gasteiger partial charge in [-0.05, 0) is 31.7 Å². The molecule has 2 aliphatic rings. The number of halogens is 9. The van der Waals surface area contributed by atoms with E-state index in [-0.39, 0.29) is 23.7 Å². The summed E-state index contributed by atoms with van der Waals surface area (Å²) in [5.41, 5.74) is 1.51. The zero-order chi connectivity index (χ0) is 42.5. The minimum atomic E-state index is -5.08. The average Bonchev–Trinajstić information content (AvgIpc) is 3.80. The number of alkyl halides is 9. The molecule has 0 spiro atoms. The molecule has 4 aromatic heterocycles. The first-order valence-electron chi connectivity index (χ1n) is 16.3. The number of hydrogen-bond donors (Lipinski definition) is 3. The zero-order valence-electron chi connectivity index (χ0n) is 29.5. The number of aliphatic carboxylic acids is 2. The van der Waals surface area contributed by atoms with Crippen molar-refractivity contribution in [3.8, 4) is 23.2 Å². The van der Waals surface area contributed by atoms with Gasteiger partial charge in [0.05, 0.1) is 24.4 Å². The molecule has 1 amide bonds. The topological polar surface area (TPSA) is 216 Å². The van der Waals surface area contributed by atoms with Crippen LogP contribution in [0.15, 0.2) is 37.1 Å². The Morgan fingerprint density at radius 3 is 2.11 bits per heavy atom. The van der Waals surface area contributed by atoms with Gasteiger partial charge in [0.2, 0.25) is 11.7 Å². The van der Waals surface area contributed by atoms with E-state index in [1.807, 2.05) is 23.1 Å². The molecule has 0 unspecified atom stereocenters. The van der Waals surface area contributed by atoms with Crippen molar-refractivity contribution in [2.45, 2.75) is 68.3 Å². The number of likely N-dealkylation sites (tertiary alicyclic amines) is 1. The van der Waals surface area contributed by atoms with E-state index >= 15 is 0 Å². The normalized spacial score (nSPS) is 18.1. The molecule has 3 N–H and O–H groups in total. The number of H-pyrrole nitrogens is 1. The lowest BCUT2D eigenvalue weighted by Gasteiger charge is -2.53. The summed E-state index contributed by atoms with van der Waals surface area (Å²) in [6.07, 6.45) is -5.26. The minimum absolute atomic E-state index is 0.241. The molecule has 1 aliphatic carbocycles. The van der Waals surface area contributed by atoms with E-state index in [4.69, 9.17) is 24.5 Å². The van der Waals surface area contributed by atoms with Gasteiger partial charge in [0.1, 0.15) is 29.3 Å². The predicted molar refractivity (Wildman–Crippen MR) is 174 cm³/mol. The molecule has 57 heavy (non-hydrogen) atoms. The van der Waals surface area contributed by atoms with Crippen LogP contribution < -0.4 is 4.74 Å². The van der Waals surface area contributed by atoms with Crippen LogP contribution in [-0.2, 0) is 21.3 Å². The summed E-state index contributed by atoms with van der Waals surface area (Å²) in [6, 6.07) is 5.64. The zero-order valence-corrected chi connectivity index (χ0v) is 29.5. The second-order valence-corrected chi connectivity index (χ2v) is 12.9. The van der Waals surface area contributed by atoms with Crippen LogP contribution in [0.25, 0.3) is 22.3 Å². The number of hydrogen-bond acceptors (Lipinski definition) is 11. The summed E-state index contributed by atoms with van der Waals surface area (Å²) >= 11 is 0. The number of carboxylic acids is 2. The number of nitrogens with zero attached hydrogens (tertiary/aromatic N) is 9. The largest absolute Gasteiger partial charge is 0.490 e. The summed E-state index contributed by atoms with van der Waals surface area (Å²) in [4.78, 5) is 52.3. The number of amides is 1. The molecule has 6 rings (SSSR count). The summed E-state index contributed by atoms with van der Waals surface area (Å²) in [6.45, 7) is 1.30. The molecule has 4 aromatic rings. The maximum atomic E-state index is 13.4. The number of aromatic amines is 1. The van der Waals surface area contributed by atoms with E-state index < -0.39 is 47.7 Å². The predicted octanol–water partition coefficient (Wildman–Crippen LogP) is 4.91. The average molecular weight is 823 g/mol. The minimum Gasteiger partial charge on any atom is -0.475 e. The van der Waals surface area contributed by atoms with Gasteiger partial charge >= 0.3 is 30.5 Å². The van der Waals surface area contributed by atoms with E-state index in [1.54, 1.807) is 6.20 Å². The van der Waals surface area contributed by atoms with Crippen molar-refractivity contribution in [1.82, 2.24) is 44.5 Å². The van der Waals surface area contributed by atoms with E-state index in [9.17, 15) is 49.6 Å². The van der Waals surface area contributed by atoms with Crippen molar-refractivity contribution in [3.05, 3.63) is 48.6 Å². The molecule has 1 saturated heterocycles. The highest BCUT2D eigenvalue weighted by molar-refractivity contribution is 5.92. The van der Waals surface area contributed by atoms with Crippen LogP contribution >= 0.6 is 0 Å². The van der Waals surface area contributed by atoms with Crippen LogP contribution in [0.4, 0.5) is 39.5 Å². The maximum Gasteiger partial charge on any atom is 0.490 e. The number of carboxylic acid groups (broad SMARTS) is 2. The van der Waals surface area contributed by atoms with E-state index in [0.29, 0.717) is 32.4 Å². The smallest absolute Gasteiger partial charge is 0.475 e. The third kappa shape index (κ3) is 10.8. The molecule has 0 radical (unpaired) electrons. The fraction of sp³-hybridized carbons (Fsp3) is 0.469.